The molecule has 0 aliphatic carbocycles. The Morgan fingerprint density at radius 2 is 1.96 bits per heavy atom. The number of benzene rings is 2. The van der Waals surface area contributed by atoms with Gasteiger partial charge in [-0.1, -0.05) is 23.7 Å². The van der Waals surface area contributed by atoms with Gasteiger partial charge in [0.25, 0.3) is 0 Å². The van der Waals surface area contributed by atoms with Crippen LogP contribution < -0.4 is 10.2 Å². The van der Waals surface area contributed by atoms with Crippen molar-refractivity contribution >= 4 is 46.6 Å². The first-order chi connectivity index (χ1) is 11.5. The van der Waals surface area contributed by atoms with Gasteiger partial charge in [-0.3, -0.25) is 9.59 Å². The largest absolute Gasteiger partial charge is 0.324 e. The summed E-state index contributed by atoms with van der Waals surface area (Å²) in [6, 6.07) is 14.6. The van der Waals surface area contributed by atoms with Crippen molar-refractivity contribution in [2.24, 2.45) is 0 Å². The summed E-state index contributed by atoms with van der Waals surface area (Å²) in [7, 11) is 0. The van der Waals surface area contributed by atoms with E-state index in [0.717, 1.165) is 10.6 Å². The van der Waals surface area contributed by atoms with Crippen LogP contribution in [-0.2, 0) is 9.59 Å². The Bertz CT molecular complexity index is 764. The van der Waals surface area contributed by atoms with Crippen molar-refractivity contribution in [2.75, 3.05) is 16.0 Å². The number of para-hydroxylation sites is 2. The molecular formula is C18H17ClN2O2S. The zero-order valence-electron chi connectivity index (χ0n) is 13.2. The highest BCUT2D eigenvalue weighted by Crippen LogP contribution is 2.32. The van der Waals surface area contributed by atoms with E-state index in [9.17, 15) is 9.59 Å². The normalized spacial score (nSPS) is 17.0. The number of anilines is 2. The molecule has 1 atom stereocenters. The van der Waals surface area contributed by atoms with Crippen LogP contribution in [-0.4, -0.2) is 23.6 Å². The molecule has 0 spiro atoms. The van der Waals surface area contributed by atoms with Gasteiger partial charge in [0.05, 0.1) is 17.1 Å². The van der Waals surface area contributed by atoms with Crippen LogP contribution in [0.5, 0.6) is 0 Å². The molecular weight excluding hydrogens is 344 g/mol. The van der Waals surface area contributed by atoms with Gasteiger partial charge in [0, 0.05) is 22.4 Å². The minimum absolute atomic E-state index is 0.0219. The Hall–Kier alpha value is -1.98. The molecule has 6 heteroatoms. The minimum atomic E-state index is -0.188. The van der Waals surface area contributed by atoms with Gasteiger partial charge >= 0.3 is 0 Å². The second kappa shape index (κ2) is 7.28. The average molecular weight is 361 g/mol. The second-order valence-electron chi connectivity index (χ2n) is 5.62. The molecule has 24 heavy (non-hydrogen) atoms. The molecule has 124 valence electrons. The lowest BCUT2D eigenvalue weighted by molar-refractivity contribution is -0.117. The van der Waals surface area contributed by atoms with Crippen LogP contribution in [0.4, 0.5) is 11.4 Å². The van der Waals surface area contributed by atoms with E-state index in [1.165, 1.54) is 11.8 Å². The first kappa shape index (κ1) is 16.9. The van der Waals surface area contributed by atoms with E-state index in [4.69, 9.17) is 11.6 Å². The highest BCUT2D eigenvalue weighted by molar-refractivity contribution is 8.00. The molecule has 1 aliphatic heterocycles. The summed E-state index contributed by atoms with van der Waals surface area (Å²) in [6.45, 7) is 1.90. The Balaban J connectivity index is 1.79. The summed E-state index contributed by atoms with van der Waals surface area (Å²) in [5.74, 6) is 0.205. The van der Waals surface area contributed by atoms with Gasteiger partial charge in [-0.05, 0) is 43.3 Å². The summed E-state index contributed by atoms with van der Waals surface area (Å²) in [6.07, 6.45) is 0.284. The van der Waals surface area contributed by atoms with Gasteiger partial charge < -0.3 is 10.2 Å². The topological polar surface area (TPSA) is 49.4 Å². The number of fused-ring (bicyclic) bond motifs is 1. The number of halogens is 1. The van der Waals surface area contributed by atoms with Crippen molar-refractivity contribution in [1.82, 2.24) is 0 Å². The highest BCUT2D eigenvalue weighted by Gasteiger charge is 2.29. The number of rotatable bonds is 3. The van der Waals surface area contributed by atoms with Gasteiger partial charge in [0.2, 0.25) is 11.8 Å². The lowest BCUT2D eigenvalue weighted by atomic mass is 10.2. The fraction of sp³-hybridized carbons (Fsp3) is 0.222. The number of amides is 2. The SMILES string of the molecule is C[C@@H]1CC(=O)Nc2ccccc2N1C(=O)CSc1ccc(Cl)cc1. The third-order valence-electron chi connectivity index (χ3n) is 3.80. The van der Waals surface area contributed by atoms with Crippen molar-refractivity contribution in [3.05, 3.63) is 53.6 Å². The van der Waals surface area contributed by atoms with Crippen molar-refractivity contribution in [1.29, 1.82) is 0 Å². The third kappa shape index (κ3) is 3.74. The van der Waals surface area contributed by atoms with Gasteiger partial charge in [-0.2, -0.15) is 0 Å². The van der Waals surface area contributed by atoms with E-state index < -0.39 is 0 Å². The molecule has 0 radical (unpaired) electrons. The highest BCUT2D eigenvalue weighted by atomic mass is 35.5. The van der Waals surface area contributed by atoms with Gasteiger partial charge in [0.1, 0.15) is 0 Å². The standard InChI is InChI=1S/C18H17ClN2O2S/c1-12-10-17(22)20-15-4-2-3-5-16(15)21(12)18(23)11-24-14-8-6-13(19)7-9-14/h2-9,12H,10-11H2,1H3,(H,20,22)/t12-/m1/s1. The predicted molar refractivity (Wildman–Crippen MR) is 98.8 cm³/mol. The van der Waals surface area contributed by atoms with E-state index >= 15 is 0 Å². The number of hydrogen-bond acceptors (Lipinski definition) is 3. The summed E-state index contributed by atoms with van der Waals surface area (Å²) < 4.78 is 0. The van der Waals surface area contributed by atoms with Crippen LogP contribution >= 0.6 is 23.4 Å². The van der Waals surface area contributed by atoms with Crippen LogP contribution in [0.1, 0.15) is 13.3 Å². The number of thioether (sulfide) groups is 1. The first-order valence-corrected chi connectivity index (χ1v) is 9.00. The summed E-state index contributed by atoms with van der Waals surface area (Å²) >= 11 is 7.34. The molecule has 1 heterocycles. The van der Waals surface area contributed by atoms with Gasteiger partial charge in [0.15, 0.2) is 0 Å². The molecule has 0 unspecified atom stereocenters. The Morgan fingerprint density at radius 1 is 1.25 bits per heavy atom. The molecule has 1 aliphatic rings. The molecule has 0 saturated heterocycles. The number of nitrogens with one attached hydrogen (secondary N) is 1. The van der Waals surface area contributed by atoms with E-state index in [2.05, 4.69) is 5.32 Å². The summed E-state index contributed by atoms with van der Waals surface area (Å²) in [5.41, 5.74) is 1.43. The third-order valence-corrected chi connectivity index (χ3v) is 5.05. The summed E-state index contributed by atoms with van der Waals surface area (Å²) in [4.78, 5) is 27.5. The van der Waals surface area contributed by atoms with Gasteiger partial charge in [-0.25, -0.2) is 0 Å². The molecule has 1 N–H and O–H groups in total. The van der Waals surface area contributed by atoms with Crippen molar-refractivity contribution < 1.29 is 9.59 Å². The quantitative estimate of drug-likeness (QED) is 0.835. The van der Waals surface area contributed by atoms with E-state index in [-0.39, 0.29) is 24.3 Å². The van der Waals surface area contributed by atoms with Crippen LogP contribution in [0.15, 0.2) is 53.4 Å². The average Bonchev–Trinajstić information content (AvgIpc) is 2.68. The number of nitrogens with zero attached hydrogens (tertiary/aromatic N) is 1. The maximum Gasteiger partial charge on any atom is 0.237 e. The monoisotopic (exact) mass is 360 g/mol. The Kier molecular flexibility index (Phi) is 5.11. The molecule has 0 bridgehead atoms. The number of carbonyl (C=O) groups excluding carboxylic acids is 2. The van der Waals surface area contributed by atoms with E-state index in [0.29, 0.717) is 16.5 Å². The molecule has 0 aromatic heterocycles. The molecule has 4 nitrogen and oxygen atoms in total. The molecule has 0 fully saturated rings. The lowest BCUT2D eigenvalue weighted by Gasteiger charge is -2.27. The fourth-order valence-electron chi connectivity index (χ4n) is 2.71. The predicted octanol–water partition coefficient (Wildman–Crippen LogP) is 4.20. The molecule has 0 saturated carbocycles. The molecule has 2 amide bonds. The van der Waals surface area contributed by atoms with E-state index in [1.807, 2.05) is 43.3 Å². The first-order valence-electron chi connectivity index (χ1n) is 7.64. The molecule has 3 rings (SSSR count). The summed E-state index contributed by atoms with van der Waals surface area (Å²) in [5, 5.41) is 3.53. The number of carbonyl (C=O) groups is 2. The number of hydrogen-bond donors (Lipinski definition) is 1. The van der Waals surface area contributed by atoms with Crippen LogP contribution in [0.2, 0.25) is 5.02 Å². The van der Waals surface area contributed by atoms with Crippen molar-refractivity contribution in [3.8, 4) is 0 Å². The molecule has 2 aromatic carbocycles. The van der Waals surface area contributed by atoms with Crippen LogP contribution in [0, 0.1) is 0 Å². The zero-order valence-corrected chi connectivity index (χ0v) is 14.7. The second-order valence-corrected chi connectivity index (χ2v) is 7.11. The smallest absolute Gasteiger partial charge is 0.237 e. The maximum absolute atomic E-state index is 12.8. The maximum atomic E-state index is 12.8. The lowest BCUT2D eigenvalue weighted by Crippen LogP contribution is -2.40. The van der Waals surface area contributed by atoms with E-state index in [1.54, 1.807) is 17.0 Å². The van der Waals surface area contributed by atoms with Crippen molar-refractivity contribution in [2.45, 2.75) is 24.3 Å². The Labute approximate surface area is 150 Å². The van der Waals surface area contributed by atoms with Gasteiger partial charge in [-0.15, -0.1) is 11.8 Å². The molecule has 2 aromatic rings. The Morgan fingerprint density at radius 3 is 2.71 bits per heavy atom. The van der Waals surface area contributed by atoms with Crippen molar-refractivity contribution in [3.63, 3.8) is 0 Å². The van der Waals surface area contributed by atoms with Crippen LogP contribution in [0.25, 0.3) is 0 Å². The van der Waals surface area contributed by atoms with Crippen LogP contribution in [0.3, 0.4) is 0 Å². The zero-order chi connectivity index (χ0) is 17.1. The fourth-order valence-corrected chi connectivity index (χ4v) is 3.60. The minimum Gasteiger partial charge on any atom is -0.324 e.